The van der Waals surface area contributed by atoms with Gasteiger partial charge in [0.2, 0.25) is 0 Å². The monoisotopic (exact) mass is 298 g/mol. The van der Waals surface area contributed by atoms with E-state index in [1.165, 1.54) is 51.4 Å². The zero-order valence-electron chi connectivity index (χ0n) is 12.0. The van der Waals surface area contributed by atoms with E-state index in [1.54, 1.807) is 0 Å². The van der Waals surface area contributed by atoms with Crippen molar-refractivity contribution in [3.05, 3.63) is 0 Å². The summed E-state index contributed by atoms with van der Waals surface area (Å²) in [5.74, 6) is 0.794. The Bertz CT molecular complexity index is 168. The Morgan fingerprint density at radius 2 is 1.00 bits per heavy atom. The Kier molecular flexibility index (Phi) is 16.3. The Labute approximate surface area is 122 Å². The second-order valence-corrected chi connectivity index (χ2v) is 5.44. The molecule has 0 fully saturated rings. The summed E-state index contributed by atoms with van der Waals surface area (Å²) in [6, 6.07) is 0. The van der Waals surface area contributed by atoms with E-state index in [9.17, 15) is 8.78 Å². The van der Waals surface area contributed by atoms with Crippen LogP contribution >= 0.6 is 11.6 Å². The van der Waals surface area contributed by atoms with Gasteiger partial charge in [0.25, 0.3) is 0 Å². The van der Waals surface area contributed by atoms with E-state index in [0.717, 1.165) is 31.6 Å². The van der Waals surface area contributed by atoms with Gasteiger partial charge in [-0.15, -0.1) is 11.6 Å². The lowest BCUT2D eigenvalue weighted by atomic mass is 10.1. The molecule has 0 radical (unpaired) electrons. The first-order valence-corrected chi connectivity index (χ1v) is 8.26. The fourth-order valence-corrected chi connectivity index (χ4v) is 2.33. The molecule has 0 rings (SSSR count). The van der Waals surface area contributed by atoms with Gasteiger partial charge in [0.15, 0.2) is 0 Å². The highest BCUT2D eigenvalue weighted by molar-refractivity contribution is 6.17. The molecule has 0 N–H and O–H groups in total. The number of hydrogen-bond donors (Lipinski definition) is 0. The minimum atomic E-state index is -2.61. The van der Waals surface area contributed by atoms with Crippen molar-refractivity contribution in [3.8, 4) is 0 Å². The average Bonchev–Trinajstić information content (AvgIpc) is 2.39. The molecule has 19 heavy (non-hydrogen) atoms. The predicted octanol–water partition coefficient (Wildman–Crippen LogP) is 6.15. The molecule has 0 amide bonds. The second-order valence-electron chi connectivity index (χ2n) is 5.06. The minimum absolute atomic E-state index is 0.194. The summed E-state index contributed by atoms with van der Waals surface area (Å²) in [5.41, 5.74) is 0. The third-order valence-corrected chi connectivity index (χ3v) is 3.54. The Morgan fingerprint density at radius 1 is 0.632 bits per heavy atom. The van der Waals surface area contributed by atoms with Gasteiger partial charge in [-0.25, -0.2) is 0 Å². The Morgan fingerprint density at radius 3 is 1.37 bits per heavy atom. The van der Waals surface area contributed by atoms with E-state index in [0.29, 0.717) is 0 Å². The molecule has 0 aromatic carbocycles. The van der Waals surface area contributed by atoms with Crippen LogP contribution in [0, 0.1) is 0 Å². The van der Waals surface area contributed by atoms with Gasteiger partial charge in [-0.2, -0.15) is 8.78 Å². The zero-order valence-corrected chi connectivity index (χ0v) is 12.8. The third-order valence-electron chi connectivity index (χ3n) is 3.27. The molecule has 0 atom stereocenters. The quantitative estimate of drug-likeness (QED) is 0.260. The largest absolute Gasteiger partial charge is 0.345 e. The van der Waals surface area contributed by atoms with E-state index < -0.39 is 6.61 Å². The standard InChI is InChI=1S/C15H29ClF2O/c16-13-11-9-7-5-3-1-2-4-6-8-10-12-14-19-15(17)18/h15H,1-14H2. The van der Waals surface area contributed by atoms with Gasteiger partial charge in [0, 0.05) is 5.88 Å². The summed E-state index contributed by atoms with van der Waals surface area (Å²) in [4.78, 5) is 0. The maximum Gasteiger partial charge on any atom is 0.345 e. The minimum Gasteiger partial charge on any atom is -0.323 e. The maximum atomic E-state index is 11.7. The zero-order chi connectivity index (χ0) is 14.2. The van der Waals surface area contributed by atoms with Crippen LogP contribution in [0.25, 0.3) is 0 Å². The van der Waals surface area contributed by atoms with Gasteiger partial charge in [0.1, 0.15) is 0 Å². The van der Waals surface area contributed by atoms with E-state index in [1.807, 2.05) is 0 Å². The van der Waals surface area contributed by atoms with Crippen molar-refractivity contribution in [1.29, 1.82) is 0 Å². The lowest BCUT2D eigenvalue weighted by molar-refractivity contribution is -0.129. The van der Waals surface area contributed by atoms with E-state index in [2.05, 4.69) is 4.74 Å². The first kappa shape index (κ1) is 19.1. The molecule has 0 aromatic rings. The molecule has 0 unspecified atom stereocenters. The number of hydrogen-bond acceptors (Lipinski definition) is 1. The summed E-state index contributed by atoms with van der Waals surface area (Å²) in [7, 11) is 0. The smallest absolute Gasteiger partial charge is 0.323 e. The molecule has 0 saturated heterocycles. The van der Waals surface area contributed by atoms with Crippen LogP contribution in [0.2, 0.25) is 0 Å². The Hall–Kier alpha value is 0.110. The molecule has 0 saturated carbocycles. The van der Waals surface area contributed by atoms with Crippen LogP contribution in [-0.2, 0) is 4.74 Å². The van der Waals surface area contributed by atoms with Gasteiger partial charge in [0.05, 0.1) is 6.61 Å². The topological polar surface area (TPSA) is 9.23 Å². The highest BCUT2D eigenvalue weighted by Gasteiger charge is 1.99. The second kappa shape index (κ2) is 16.2. The summed E-state index contributed by atoms with van der Waals surface area (Å²) < 4.78 is 27.5. The highest BCUT2D eigenvalue weighted by Crippen LogP contribution is 2.12. The fraction of sp³-hybridized carbons (Fsp3) is 1.00. The molecule has 0 bridgehead atoms. The molecule has 116 valence electrons. The number of halogens is 3. The van der Waals surface area contributed by atoms with Crippen LogP contribution in [-0.4, -0.2) is 19.1 Å². The number of rotatable bonds is 15. The molecule has 0 aliphatic heterocycles. The molecule has 0 aliphatic carbocycles. The van der Waals surface area contributed by atoms with Crippen molar-refractivity contribution in [1.82, 2.24) is 0 Å². The first-order valence-electron chi connectivity index (χ1n) is 7.73. The number of unbranched alkanes of at least 4 members (excludes halogenated alkanes) is 11. The molecule has 0 aliphatic rings. The van der Waals surface area contributed by atoms with Crippen LogP contribution in [0.15, 0.2) is 0 Å². The van der Waals surface area contributed by atoms with Crippen molar-refractivity contribution in [2.75, 3.05) is 12.5 Å². The van der Waals surface area contributed by atoms with E-state index >= 15 is 0 Å². The number of alkyl halides is 3. The van der Waals surface area contributed by atoms with Crippen molar-refractivity contribution in [3.63, 3.8) is 0 Å². The highest BCUT2D eigenvalue weighted by atomic mass is 35.5. The Balaban J connectivity index is 2.91. The SMILES string of the molecule is FC(F)OCCCCCCCCCCCCCCCl. The normalized spacial score (nSPS) is 11.4. The van der Waals surface area contributed by atoms with Crippen molar-refractivity contribution in [2.24, 2.45) is 0 Å². The molecule has 0 spiro atoms. The van der Waals surface area contributed by atoms with Gasteiger partial charge >= 0.3 is 6.61 Å². The molecule has 0 aromatic heterocycles. The van der Waals surface area contributed by atoms with Crippen LogP contribution in [0.3, 0.4) is 0 Å². The van der Waals surface area contributed by atoms with E-state index in [4.69, 9.17) is 11.6 Å². The predicted molar refractivity (Wildman–Crippen MR) is 78.1 cm³/mol. The lowest BCUT2D eigenvalue weighted by Crippen LogP contribution is -2.00. The summed E-state index contributed by atoms with van der Waals surface area (Å²) in [5, 5.41) is 0. The summed E-state index contributed by atoms with van der Waals surface area (Å²) >= 11 is 5.61. The van der Waals surface area contributed by atoms with E-state index in [-0.39, 0.29) is 6.61 Å². The van der Waals surface area contributed by atoms with Crippen molar-refractivity contribution in [2.45, 2.75) is 83.7 Å². The van der Waals surface area contributed by atoms with Crippen LogP contribution in [0.1, 0.15) is 77.0 Å². The van der Waals surface area contributed by atoms with Crippen LogP contribution < -0.4 is 0 Å². The molecule has 4 heteroatoms. The summed E-state index contributed by atoms with van der Waals surface area (Å²) in [6.45, 7) is -2.41. The van der Waals surface area contributed by atoms with Crippen LogP contribution in [0.5, 0.6) is 0 Å². The maximum absolute atomic E-state index is 11.7. The molecule has 0 heterocycles. The average molecular weight is 299 g/mol. The van der Waals surface area contributed by atoms with Crippen LogP contribution in [0.4, 0.5) is 8.78 Å². The molecular formula is C15H29ClF2O. The van der Waals surface area contributed by atoms with Gasteiger partial charge < -0.3 is 4.74 Å². The first-order chi connectivity index (χ1) is 9.27. The number of ether oxygens (including phenoxy) is 1. The van der Waals surface area contributed by atoms with Gasteiger partial charge in [-0.05, 0) is 12.8 Å². The van der Waals surface area contributed by atoms with Gasteiger partial charge in [-0.3, -0.25) is 0 Å². The fourth-order valence-electron chi connectivity index (χ4n) is 2.14. The molecular weight excluding hydrogens is 270 g/mol. The molecule has 1 nitrogen and oxygen atoms in total. The van der Waals surface area contributed by atoms with Gasteiger partial charge in [-0.1, -0.05) is 64.2 Å². The summed E-state index contributed by atoms with van der Waals surface area (Å²) in [6.07, 6.45) is 14.4. The van der Waals surface area contributed by atoms with Crippen molar-refractivity contribution < 1.29 is 13.5 Å². The van der Waals surface area contributed by atoms with Crippen molar-refractivity contribution >= 4 is 11.6 Å². The third kappa shape index (κ3) is 18.1. The lowest BCUT2D eigenvalue weighted by Gasteiger charge is -2.03.